The summed E-state index contributed by atoms with van der Waals surface area (Å²) in [5.74, 6) is 0.910. The molecular formula is C16H25NO3. The summed E-state index contributed by atoms with van der Waals surface area (Å²) in [6.07, 6.45) is 0.939. The van der Waals surface area contributed by atoms with Gasteiger partial charge in [-0.1, -0.05) is 19.1 Å². The van der Waals surface area contributed by atoms with Gasteiger partial charge in [-0.3, -0.25) is 0 Å². The summed E-state index contributed by atoms with van der Waals surface area (Å²) < 4.78 is 16.8. The highest BCUT2D eigenvalue weighted by Gasteiger charge is 2.22. The molecule has 1 unspecified atom stereocenters. The highest BCUT2D eigenvalue weighted by Crippen LogP contribution is 2.24. The maximum absolute atomic E-state index is 5.67. The minimum Gasteiger partial charge on any atom is -0.491 e. The van der Waals surface area contributed by atoms with E-state index in [2.05, 4.69) is 24.4 Å². The van der Waals surface area contributed by atoms with Crippen LogP contribution in [0, 0.1) is 0 Å². The first-order valence-electron chi connectivity index (χ1n) is 7.42. The third-order valence-electron chi connectivity index (χ3n) is 3.22. The van der Waals surface area contributed by atoms with Crippen LogP contribution in [0.25, 0.3) is 0 Å². The molecule has 0 aliphatic carbocycles. The van der Waals surface area contributed by atoms with Crippen LogP contribution in [0.15, 0.2) is 24.3 Å². The van der Waals surface area contributed by atoms with Crippen molar-refractivity contribution in [2.75, 3.05) is 19.8 Å². The van der Waals surface area contributed by atoms with Crippen molar-refractivity contribution in [1.82, 2.24) is 5.32 Å². The fraction of sp³-hybridized carbons (Fsp3) is 0.625. The molecule has 1 aromatic carbocycles. The lowest BCUT2D eigenvalue weighted by Gasteiger charge is -2.21. The minimum absolute atomic E-state index is 0.0920. The van der Waals surface area contributed by atoms with Crippen LogP contribution in [0.1, 0.15) is 38.8 Å². The molecule has 4 nitrogen and oxygen atoms in total. The van der Waals surface area contributed by atoms with Gasteiger partial charge in [-0.15, -0.1) is 0 Å². The molecule has 112 valence electrons. The lowest BCUT2D eigenvalue weighted by atomic mass is 10.0. The summed E-state index contributed by atoms with van der Waals surface area (Å²) in [5, 5.41) is 3.49. The molecule has 1 saturated heterocycles. The van der Waals surface area contributed by atoms with Crippen molar-refractivity contribution in [2.45, 2.75) is 45.6 Å². The molecule has 1 aliphatic heterocycles. The Morgan fingerprint density at radius 3 is 2.40 bits per heavy atom. The normalized spacial score (nSPS) is 17.6. The third-order valence-corrected chi connectivity index (χ3v) is 3.22. The number of benzene rings is 1. The van der Waals surface area contributed by atoms with E-state index in [0.717, 1.165) is 18.7 Å². The van der Waals surface area contributed by atoms with Crippen molar-refractivity contribution in [3.8, 4) is 5.75 Å². The molecule has 0 aromatic heterocycles. The summed E-state index contributed by atoms with van der Waals surface area (Å²) in [6.45, 7) is 8.49. The first-order chi connectivity index (χ1) is 9.69. The molecule has 0 radical (unpaired) electrons. The van der Waals surface area contributed by atoms with Gasteiger partial charge in [0.1, 0.15) is 5.75 Å². The topological polar surface area (TPSA) is 39.7 Å². The molecule has 0 saturated carbocycles. The maximum atomic E-state index is 5.67. The summed E-state index contributed by atoms with van der Waals surface area (Å²) >= 11 is 0. The highest BCUT2D eigenvalue weighted by molar-refractivity contribution is 5.29. The maximum Gasteiger partial charge on any atom is 0.159 e. The van der Waals surface area contributed by atoms with Crippen LogP contribution in [0.5, 0.6) is 5.75 Å². The van der Waals surface area contributed by atoms with Gasteiger partial charge in [0.2, 0.25) is 0 Å². The van der Waals surface area contributed by atoms with E-state index in [1.807, 2.05) is 26.0 Å². The molecule has 1 fully saturated rings. The second-order valence-corrected chi connectivity index (χ2v) is 5.25. The predicted octanol–water partition coefficient (Wildman–Crippen LogP) is 2.89. The quantitative estimate of drug-likeness (QED) is 0.833. The molecule has 0 bridgehead atoms. The van der Waals surface area contributed by atoms with Crippen LogP contribution in [0.2, 0.25) is 0 Å². The standard InChI is InChI=1S/C16H25NO3/c1-4-17-15(11-16-18-9-10-19-16)13-5-7-14(8-6-13)20-12(2)3/h5-8,12,15-17H,4,9-11H2,1-3H3. The van der Waals surface area contributed by atoms with Crippen molar-refractivity contribution >= 4 is 0 Å². The van der Waals surface area contributed by atoms with Crippen molar-refractivity contribution in [3.05, 3.63) is 29.8 Å². The molecule has 0 amide bonds. The minimum atomic E-state index is -0.0920. The molecule has 4 heteroatoms. The van der Waals surface area contributed by atoms with Gasteiger partial charge in [0.15, 0.2) is 6.29 Å². The van der Waals surface area contributed by atoms with Gasteiger partial charge < -0.3 is 19.5 Å². The second kappa shape index (κ2) is 7.62. The van der Waals surface area contributed by atoms with Crippen LogP contribution in [-0.2, 0) is 9.47 Å². The summed E-state index contributed by atoms with van der Waals surface area (Å²) in [5.41, 5.74) is 1.24. The summed E-state index contributed by atoms with van der Waals surface area (Å²) in [6, 6.07) is 8.52. The van der Waals surface area contributed by atoms with Crippen molar-refractivity contribution in [1.29, 1.82) is 0 Å². The van der Waals surface area contributed by atoms with Crippen LogP contribution in [0.3, 0.4) is 0 Å². The Morgan fingerprint density at radius 2 is 1.85 bits per heavy atom. The van der Waals surface area contributed by atoms with Crippen molar-refractivity contribution in [2.24, 2.45) is 0 Å². The number of hydrogen-bond donors (Lipinski definition) is 1. The average molecular weight is 279 g/mol. The Hall–Kier alpha value is -1.10. The van der Waals surface area contributed by atoms with Crippen LogP contribution in [-0.4, -0.2) is 32.2 Å². The van der Waals surface area contributed by atoms with Crippen LogP contribution in [0.4, 0.5) is 0 Å². The Kier molecular flexibility index (Phi) is 5.83. The van der Waals surface area contributed by atoms with E-state index in [1.54, 1.807) is 0 Å². The van der Waals surface area contributed by atoms with Crippen molar-refractivity contribution < 1.29 is 14.2 Å². The van der Waals surface area contributed by atoms with Gasteiger partial charge in [-0.25, -0.2) is 0 Å². The van der Waals surface area contributed by atoms with Crippen LogP contribution < -0.4 is 10.1 Å². The van der Waals surface area contributed by atoms with Gasteiger partial charge >= 0.3 is 0 Å². The monoisotopic (exact) mass is 279 g/mol. The molecular weight excluding hydrogens is 254 g/mol. The molecule has 0 spiro atoms. The zero-order chi connectivity index (χ0) is 14.4. The van der Waals surface area contributed by atoms with Gasteiger partial charge in [-0.05, 0) is 38.1 Å². The molecule has 1 heterocycles. The van der Waals surface area contributed by atoms with E-state index in [-0.39, 0.29) is 18.4 Å². The lowest BCUT2D eigenvalue weighted by Crippen LogP contribution is -2.25. The van der Waals surface area contributed by atoms with E-state index >= 15 is 0 Å². The Morgan fingerprint density at radius 1 is 1.20 bits per heavy atom. The first-order valence-corrected chi connectivity index (χ1v) is 7.42. The molecule has 1 N–H and O–H groups in total. The van der Waals surface area contributed by atoms with E-state index in [1.165, 1.54) is 5.56 Å². The molecule has 20 heavy (non-hydrogen) atoms. The fourth-order valence-corrected chi connectivity index (χ4v) is 2.37. The number of rotatable bonds is 7. The number of nitrogens with one attached hydrogen (secondary N) is 1. The zero-order valence-electron chi connectivity index (χ0n) is 12.6. The Bertz CT molecular complexity index is 385. The van der Waals surface area contributed by atoms with Crippen molar-refractivity contribution in [3.63, 3.8) is 0 Å². The molecule has 1 atom stereocenters. The number of ether oxygens (including phenoxy) is 3. The third kappa shape index (κ3) is 4.47. The number of hydrogen-bond acceptors (Lipinski definition) is 4. The van der Waals surface area contributed by atoms with E-state index in [9.17, 15) is 0 Å². The van der Waals surface area contributed by atoms with E-state index in [0.29, 0.717) is 13.2 Å². The molecule has 1 aromatic rings. The average Bonchev–Trinajstić information content (AvgIpc) is 2.91. The smallest absolute Gasteiger partial charge is 0.159 e. The second-order valence-electron chi connectivity index (χ2n) is 5.25. The Labute approximate surface area is 121 Å². The van der Waals surface area contributed by atoms with Gasteiger partial charge in [0.05, 0.1) is 19.3 Å². The zero-order valence-corrected chi connectivity index (χ0v) is 12.6. The summed E-state index contributed by atoms with van der Waals surface area (Å²) in [7, 11) is 0. The lowest BCUT2D eigenvalue weighted by molar-refractivity contribution is -0.0529. The Balaban J connectivity index is 2.00. The van der Waals surface area contributed by atoms with Crippen LogP contribution >= 0.6 is 0 Å². The first kappa shape index (κ1) is 15.3. The molecule has 1 aliphatic rings. The fourth-order valence-electron chi connectivity index (χ4n) is 2.37. The SMILES string of the molecule is CCNC(CC1OCCO1)c1ccc(OC(C)C)cc1. The van der Waals surface area contributed by atoms with Gasteiger partial charge in [-0.2, -0.15) is 0 Å². The van der Waals surface area contributed by atoms with Gasteiger partial charge in [0, 0.05) is 12.5 Å². The molecule has 2 rings (SSSR count). The van der Waals surface area contributed by atoms with E-state index < -0.39 is 0 Å². The largest absolute Gasteiger partial charge is 0.491 e. The summed E-state index contributed by atoms with van der Waals surface area (Å²) in [4.78, 5) is 0. The predicted molar refractivity (Wildman–Crippen MR) is 78.9 cm³/mol. The van der Waals surface area contributed by atoms with E-state index in [4.69, 9.17) is 14.2 Å². The van der Waals surface area contributed by atoms with Gasteiger partial charge in [0.25, 0.3) is 0 Å². The highest BCUT2D eigenvalue weighted by atomic mass is 16.7.